The van der Waals surface area contributed by atoms with Crippen molar-refractivity contribution in [2.24, 2.45) is 0 Å². The number of aryl methyl sites for hydroxylation is 2. The van der Waals surface area contributed by atoms with Crippen molar-refractivity contribution in [3.05, 3.63) is 96.1 Å². The molecule has 0 amide bonds. The molecule has 0 saturated carbocycles. The van der Waals surface area contributed by atoms with Gasteiger partial charge in [0.15, 0.2) is 0 Å². The second-order valence-corrected chi connectivity index (χ2v) is 9.43. The van der Waals surface area contributed by atoms with Crippen molar-refractivity contribution in [1.82, 2.24) is 9.13 Å². The van der Waals surface area contributed by atoms with Gasteiger partial charge in [0.1, 0.15) is 0 Å². The molecule has 0 unspecified atom stereocenters. The molecule has 0 atom stereocenters. The van der Waals surface area contributed by atoms with Crippen molar-refractivity contribution in [3.63, 3.8) is 0 Å². The zero-order valence-electron chi connectivity index (χ0n) is 17.6. The van der Waals surface area contributed by atoms with Gasteiger partial charge in [-0.1, -0.05) is 80.4 Å². The van der Waals surface area contributed by atoms with E-state index < -0.39 is 0 Å². The Bertz CT molecular complexity index is 1480. The summed E-state index contributed by atoms with van der Waals surface area (Å²) in [6.07, 6.45) is 0. The fraction of sp³-hybridized carbons (Fsp3) is 0.143. The van der Waals surface area contributed by atoms with Gasteiger partial charge < -0.3 is 9.13 Å². The van der Waals surface area contributed by atoms with E-state index in [1.54, 1.807) is 0 Å². The normalized spacial score (nSPS) is 11.9. The standard InChI is InChI=1S/C28H22Br2N2/c29-17-19-9-11-27-23(15-19)21-5-1-3-7-25(21)31(27)13-14-32-26-8-4-2-6-22(26)24-16-20(18-30)10-12-28(24)32/h1-12,15-16H,13-14,17-18H2. The number of aromatic nitrogens is 2. The monoisotopic (exact) mass is 544 g/mol. The van der Waals surface area contributed by atoms with Crippen molar-refractivity contribution in [3.8, 4) is 0 Å². The van der Waals surface area contributed by atoms with Crippen molar-refractivity contribution in [2.75, 3.05) is 0 Å². The number of fused-ring (bicyclic) bond motifs is 6. The summed E-state index contributed by atoms with van der Waals surface area (Å²) in [7, 11) is 0. The minimum absolute atomic E-state index is 0.875. The van der Waals surface area contributed by atoms with E-state index >= 15 is 0 Å². The molecule has 0 fully saturated rings. The van der Waals surface area contributed by atoms with Gasteiger partial charge in [0.25, 0.3) is 0 Å². The lowest BCUT2D eigenvalue weighted by Gasteiger charge is -2.11. The van der Waals surface area contributed by atoms with Crippen molar-refractivity contribution >= 4 is 75.5 Å². The van der Waals surface area contributed by atoms with Gasteiger partial charge >= 0.3 is 0 Å². The first-order valence-corrected chi connectivity index (χ1v) is 13.1. The fourth-order valence-electron chi connectivity index (χ4n) is 5.05. The molecule has 0 radical (unpaired) electrons. The maximum absolute atomic E-state index is 3.61. The minimum atomic E-state index is 0.875. The van der Waals surface area contributed by atoms with Crippen molar-refractivity contribution < 1.29 is 0 Å². The number of hydrogen-bond acceptors (Lipinski definition) is 0. The van der Waals surface area contributed by atoms with Crippen LogP contribution in [-0.2, 0) is 23.7 Å². The van der Waals surface area contributed by atoms with Gasteiger partial charge in [-0.15, -0.1) is 0 Å². The van der Waals surface area contributed by atoms with Gasteiger partial charge in [0, 0.05) is 67.4 Å². The number of alkyl halides is 2. The second-order valence-electron chi connectivity index (χ2n) is 8.31. The molecule has 0 aliphatic carbocycles. The van der Waals surface area contributed by atoms with E-state index in [2.05, 4.69) is 126 Å². The van der Waals surface area contributed by atoms with Crippen molar-refractivity contribution in [2.45, 2.75) is 23.7 Å². The third-order valence-corrected chi connectivity index (χ3v) is 7.82. The van der Waals surface area contributed by atoms with Crippen LogP contribution in [0.25, 0.3) is 43.6 Å². The van der Waals surface area contributed by atoms with Crippen LogP contribution in [0.4, 0.5) is 0 Å². The molecular formula is C28H22Br2N2. The topological polar surface area (TPSA) is 9.86 Å². The Morgan fingerprint density at radius 1 is 0.469 bits per heavy atom. The zero-order valence-corrected chi connectivity index (χ0v) is 20.7. The van der Waals surface area contributed by atoms with Crippen LogP contribution in [0.15, 0.2) is 84.9 Å². The molecule has 0 spiro atoms. The molecule has 0 bridgehead atoms. The second kappa shape index (κ2) is 8.09. The third-order valence-electron chi connectivity index (χ3n) is 6.53. The largest absolute Gasteiger partial charge is 0.339 e. The summed E-state index contributed by atoms with van der Waals surface area (Å²) >= 11 is 7.23. The molecule has 4 heteroatoms. The molecule has 0 aliphatic rings. The maximum Gasteiger partial charge on any atom is 0.0492 e. The SMILES string of the molecule is BrCc1ccc2c(c1)c1ccccc1n2CCn1c2ccccc2c2cc(CBr)ccc21. The summed E-state index contributed by atoms with van der Waals surface area (Å²) in [4.78, 5) is 0. The Morgan fingerprint density at radius 2 is 0.875 bits per heavy atom. The summed E-state index contributed by atoms with van der Waals surface area (Å²) in [5.74, 6) is 0. The highest BCUT2D eigenvalue weighted by Crippen LogP contribution is 2.33. The highest BCUT2D eigenvalue weighted by molar-refractivity contribution is 9.08. The van der Waals surface area contributed by atoms with Crippen molar-refractivity contribution in [1.29, 1.82) is 0 Å². The van der Waals surface area contributed by atoms with E-state index in [9.17, 15) is 0 Å². The van der Waals surface area contributed by atoms with Crippen LogP contribution in [0.2, 0.25) is 0 Å². The van der Waals surface area contributed by atoms with Crippen LogP contribution in [0.3, 0.4) is 0 Å². The molecule has 6 rings (SSSR count). The summed E-state index contributed by atoms with van der Waals surface area (Å²) in [5, 5.41) is 7.08. The van der Waals surface area contributed by atoms with E-state index in [-0.39, 0.29) is 0 Å². The molecule has 0 N–H and O–H groups in total. The summed E-state index contributed by atoms with van der Waals surface area (Å²) in [5.41, 5.74) is 7.83. The highest BCUT2D eigenvalue weighted by Gasteiger charge is 2.14. The first-order valence-electron chi connectivity index (χ1n) is 10.9. The van der Waals surface area contributed by atoms with E-state index in [1.807, 2.05) is 0 Å². The van der Waals surface area contributed by atoms with Gasteiger partial charge in [-0.2, -0.15) is 0 Å². The fourth-order valence-corrected chi connectivity index (χ4v) is 5.75. The summed E-state index contributed by atoms with van der Waals surface area (Å²) in [6.45, 7) is 1.84. The third kappa shape index (κ3) is 3.12. The lowest BCUT2D eigenvalue weighted by molar-refractivity contribution is 0.631. The van der Waals surface area contributed by atoms with Gasteiger partial charge in [-0.3, -0.25) is 0 Å². The van der Waals surface area contributed by atoms with Crippen LogP contribution in [0, 0.1) is 0 Å². The average Bonchev–Trinajstić information content (AvgIpc) is 3.34. The lowest BCUT2D eigenvalue weighted by Crippen LogP contribution is -2.07. The molecule has 32 heavy (non-hydrogen) atoms. The van der Waals surface area contributed by atoms with Crippen LogP contribution in [0.5, 0.6) is 0 Å². The average molecular weight is 546 g/mol. The van der Waals surface area contributed by atoms with Crippen LogP contribution in [0.1, 0.15) is 11.1 Å². The molecule has 2 heterocycles. The molecule has 0 saturated heterocycles. The van der Waals surface area contributed by atoms with E-state index in [0.717, 1.165) is 23.7 Å². The quantitative estimate of drug-likeness (QED) is 0.192. The Morgan fingerprint density at radius 3 is 1.31 bits per heavy atom. The number of rotatable bonds is 5. The minimum Gasteiger partial charge on any atom is -0.339 e. The molecule has 2 nitrogen and oxygen atoms in total. The number of benzene rings is 4. The molecular weight excluding hydrogens is 524 g/mol. The first-order chi connectivity index (χ1) is 15.8. The number of hydrogen-bond donors (Lipinski definition) is 0. The molecule has 2 aromatic heterocycles. The smallest absolute Gasteiger partial charge is 0.0492 e. The van der Waals surface area contributed by atoms with Gasteiger partial charge in [0.2, 0.25) is 0 Å². The zero-order chi connectivity index (χ0) is 21.7. The Kier molecular flexibility index (Phi) is 5.08. The Balaban J connectivity index is 1.51. The first kappa shape index (κ1) is 20.1. The van der Waals surface area contributed by atoms with Crippen LogP contribution >= 0.6 is 31.9 Å². The number of para-hydroxylation sites is 2. The van der Waals surface area contributed by atoms with Gasteiger partial charge in [-0.25, -0.2) is 0 Å². The Labute approximate surface area is 203 Å². The molecule has 6 aromatic rings. The lowest BCUT2D eigenvalue weighted by atomic mass is 10.1. The number of nitrogens with zero attached hydrogens (tertiary/aromatic N) is 2. The predicted octanol–water partition coefficient (Wildman–Crippen LogP) is 8.39. The Hall–Kier alpha value is -2.56. The summed E-state index contributed by atoms with van der Waals surface area (Å²) < 4.78 is 4.96. The predicted molar refractivity (Wildman–Crippen MR) is 144 cm³/mol. The van der Waals surface area contributed by atoms with E-state index in [1.165, 1.54) is 54.7 Å². The van der Waals surface area contributed by atoms with Crippen LogP contribution < -0.4 is 0 Å². The van der Waals surface area contributed by atoms with Crippen LogP contribution in [-0.4, -0.2) is 9.13 Å². The number of halogens is 2. The van der Waals surface area contributed by atoms with Gasteiger partial charge in [0.05, 0.1) is 0 Å². The summed E-state index contributed by atoms with van der Waals surface area (Å²) in [6, 6.07) is 31.2. The molecule has 0 aliphatic heterocycles. The van der Waals surface area contributed by atoms with Gasteiger partial charge in [-0.05, 0) is 47.5 Å². The molecule has 4 aromatic carbocycles. The maximum atomic E-state index is 3.61. The highest BCUT2D eigenvalue weighted by atomic mass is 79.9. The molecule has 158 valence electrons. The van der Waals surface area contributed by atoms with E-state index in [0.29, 0.717) is 0 Å². The van der Waals surface area contributed by atoms with E-state index in [4.69, 9.17) is 0 Å².